The van der Waals surface area contributed by atoms with Crippen LogP contribution in [0.5, 0.6) is 5.75 Å². The number of hydrogen-bond donors (Lipinski definition) is 2. The predicted molar refractivity (Wildman–Crippen MR) is 103 cm³/mol. The highest BCUT2D eigenvalue weighted by Crippen LogP contribution is 2.18. The van der Waals surface area contributed by atoms with E-state index in [0.29, 0.717) is 18.9 Å². The summed E-state index contributed by atoms with van der Waals surface area (Å²) in [5, 5.41) is 6.25. The van der Waals surface area contributed by atoms with Gasteiger partial charge in [0.25, 0.3) is 0 Å². The van der Waals surface area contributed by atoms with Crippen LogP contribution in [0.25, 0.3) is 0 Å². The molecule has 2 aromatic rings. The van der Waals surface area contributed by atoms with Crippen LogP contribution in [0.2, 0.25) is 0 Å². The molecular weight excluding hydrogens is 312 g/mol. The minimum atomic E-state index is 0.0297. The zero-order valence-corrected chi connectivity index (χ0v) is 15.3. The summed E-state index contributed by atoms with van der Waals surface area (Å²) in [5.41, 5.74) is 3.30. The van der Waals surface area contributed by atoms with Crippen LogP contribution in [0.4, 0.5) is 5.69 Å². The number of anilines is 1. The first-order valence-electron chi connectivity index (χ1n) is 8.82. The topological polar surface area (TPSA) is 50.4 Å². The van der Waals surface area contributed by atoms with E-state index in [1.165, 1.54) is 11.1 Å². The second-order valence-electron chi connectivity index (χ2n) is 6.39. The molecule has 4 heteroatoms. The summed E-state index contributed by atoms with van der Waals surface area (Å²) in [4.78, 5) is 12.0. The van der Waals surface area contributed by atoms with Crippen LogP contribution >= 0.6 is 0 Å². The van der Waals surface area contributed by atoms with E-state index >= 15 is 0 Å². The van der Waals surface area contributed by atoms with E-state index in [1.54, 1.807) is 7.11 Å². The molecule has 2 N–H and O–H groups in total. The molecule has 0 radical (unpaired) electrons. The number of hydrogen-bond acceptors (Lipinski definition) is 3. The normalized spacial score (nSPS) is 10.7. The van der Waals surface area contributed by atoms with Crippen LogP contribution < -0.4 is 15.4 Å². The predicted octanol–water partition coefficient (Wildman–Crippen LogP) is 3.98. The molecule has 25 heavy (non-hydrogen) atoms. The largest absolute Gasteiger partial charge is 0.496 e. The number of rotatable bonds is 9. The third-order valence-corrected chi connectivity index (χ3v) is 4.15. The number of carbonyl (C=O) groups is 1. The number of amides is 1. The van der Waals surface area contributed by atoms with Gasteiger partial charge in [-0.15, -0.1) is 0 Å². The van der Waals surface area contributed by atoms with Crippen molar-refractivity contribution in [2.24, 2.45) is 0 Å². The number of nitrogens with one attached hydrogen (secondary N) is 2. The lowest BCUT2D eigenvalue weighted by Crippen LogP contribution is -2.23. The van der Waals surface area contributed by atoms with E-state index in [0.717, 1.165) is 24.4 Å². The van der Waals surface area contributed by atoms with Crippen LogP contribution in [0.3, 0.4) is 0 Å². The number of ether oxygens (including phenoxy) is 1. The molecule has 2 rings (SSSR count). The second kappa shape index (κ2) is 9.84. The Kier molecular flexibility index (Phi) is 7.48. The molecule has 2 aromatic carbocycles. The number of benzene rings is 2. The zero-order chi connectivity index (χ0) is 18.1. The van der Waals surface area contributed by atoms with Crippen molar-refractivity contribution in [2.45, 2.75) is 32.6 Å². The molecule has 4 nitrogen and oxygen atoms in total. The van der Waals surface area contributed by atoms with Crippen LogP contribution in [0.15, 0.2) is 48.5 Å². The van der Waals surface area contributed by atoms with Crippen molar-refractivity contribution in [2.75, 3.05) is 25.5 Å². The molecule has 134 valence electrons. The van der Waals surface area contributed by atoms with E-state index in [2.05, 4.69) is 42.7 Å². The molecule has 1 amide bonds. The van der Waals surface area contributed by atoms with Crippen molar-refractivity contribution >= 4 is 11.6 Å². The third kappa shape index (κ3) is 6.24. The summed E-state index contributed by atoms with van der Waals surface area (Å²) in [6.07, 6.45) is 1.33. The molecule has 0 heterocycles. The molecule has 0 aliphatic carbocycles. The number of methoxy groups -OCH3 is 1. The highest BCUT2D eigenvalue weighted by Gasteiger charge is 2.04. The van der Waals surface area contributed by atoms with Crippen LogP contribution in [0, 0.1) is 0 Å². The Hall–Kier alpha value is -2.33. The van der Waals surface area contributed by atoms with Crippen LogP contribution in [-0.4, -0.2) is 26.1 Å². The molecule has 0 aromatic heterocycles. The lowest BCUT2D eigenvalue weighted by Gasteiger charge is -2.10. The standard InChI is InChI=1S/C21H28N2O2/c1-16(2)17-8-10-19(11-9-17)23-21(24)13-15-22-14-12-18-6-4-5-7-20(18)25-3/h4-11,16,22H,12-15H2,1-3H3,(H,23,24). The molecule has 0 aliphatic heterocycles. The fourth-order valence-electron chi connectivity index (χ4n) is 2.63. The maximum atomic E-state index is 12.0. The fourth-order valence-corrected chi connectivity index (χ4v) is 2.63. The van der Waals surface area contributed by atoms with Gasteiger partial charge in [-0.2, -0.15) is 0 Å². The number of para-hydroxylation sites is 1. The van der Waals surface area contributed by atoms with E-state index in [-0.39, 0.29) is 5.91 Å². The molecule has 0 spiro atoms. The molecule has 0 saturated heterocycles. The molecular formula is C21H28N2O2. The Morgan fingerprint density at radius 1 is 1.04 bits per heavy atom. The van der Waals surface area contributed by atoms with Gasteiger partial charge in [0.1, 0.15) is 5.75 Å². The van der Waals surface area contributed by atoms with Crippen molar-refractivity contribution in [3.05, 3.63) is 59.7 Å². The summed E-state index contributed by atoms with van der Waals surface area (Å²) < 4.78 is 5.34. The van der Waals surface area contributed by atoms with Gasteiger partial charge in [0.05, 0.1) is 7.11 Å². The van der Waals surface area contributed by atoms with Gasteiger partial charge in [-0.05, 0) is 48.2 Å². The van der Waals surface area contributed by atoms with Crippen LogP contribution in [0.1, 0.15) is 37.3 Å². The van der Waals surface area contributed by atoms with Gasteiger partial charge in [0.2, 0.25) is 5.91 Å². The summed E-state index contributed by atoms with van der Waals surface area (Å²) in [7, 11) is 1.68. The summed E-state index contributed by atoms with van der Waals surface area (Å²) in [6, 6.07) is 16.0. The van der Waals surface area contributed by atoms with Gasteiger partial charge < -0.3 is 15.4 Å². The van der Waals surface area contributed by atoms with Crippen LogP contribution in [-0.2, 0) is 11.2 Å². The summed E-state index contributed by atoms with van der Waals surface area (Å²) >= 11 is 0. The van der Waals surface area contributed by atoms with E-state index in [1.807, 2.05) is 30.3 Å². The van der Waals surface area contributed by atoms with Crippen molar-refractivity contribution in [3.8, 4) is 5.75 Å². The third-order valence-electron chi connectivity index (χ3n) is 4.15. The molecule has 0 aliphatic rings. The maximum absolute atomic E-state index is 12.0. The highest BCUT2D eigenvalue weighted by molar-refractivity contribution is 5.90. The smallest absolute Gasteiger partial charge is 0.225 e. The van der Waals surface area contributed by atoms with Gasteiger partial charge in [0.15, 0.2) is 0 Å². The molecule has 0 bridgehead atoms. The quantitative estimate of drug-likeness (QED) is 0.679. The average molecular weight is 340 g/mol. The Labute approximate surface area is 150 Å². The molecule has 0 saturated carbocycles. The van der Waals surface area contributed by atoms with E-state index < -0.39 is 0 Å². The Morgan fingerprint density at radius 3 is 2.44 bits per heavy atom. The highest BCUT2D eigenvalue weighted by atomic mass is 16.5. The van der Waals surface area contributed by atoms with Crippen molar-refractivity contribution < 1.29 is 9.53 Å². The van der Waals surface area contributed by atoms with Gasteiger partial charge in [-0.1, -0.05) is 44.2 Å². The van der Waals surface area contributed by atoms with Crippen molar-refractivity contribution in [1.82, 2.24) is 5.32 Å². The zero-order valence-electron chi connectivity index (χ0n) is 15.3. The van der Waals surface area contributed by atoms with Gasteiger partial charge in [-0.3, -0.25) is 4.79 Å². The number of carbonyl (C=O) groups excluding carboxylic acids is 1. The lowest BCUT2D eigenvalue weighted by atomic mass is 10.0. The first kappa shape index (κ1) is 19.0. The Bertz CT molecular complexity index is 666. The van der Waals surface area contributed by atoms with Gasteiger partial charge >= 0.3 is 0 Å². The first-order valence-corrected chi connectivity index (χ1v) is 8.82. The van der Waals surface area contributed by atoms with Gasteiger partial charge in [0, 0.05) is 18.7 Å². The fraction of sp³-hybridized carbons (Fsp3) is 0.381. The minimum Gasteiger partial charge on any atom is -0.496 e. The summed E-state index contributed by atoms with van der Waals surface area (Å²) in [5.74, 6) is 1.44. The van der Waals surface area contributed by atoms with Gasteiger partial charge in [-0.25, -0.2) is 0 Å². The second-order valence-corrected chi connectivity index (χ2v) is 6.39. The summed E-state index contributed by atoms with van der Waals surface area (Å²) in [6.45, 7) is 5.79. The first-order chi connectivity index (χ1) is 12.1. The van der Waals surface area contributed by atoms with Crippen molar-refractivity contribution in [3.63, 3.8) is 0 Å². The molecule has 0 unspecified atom stereocenters. The Balaban J connectivity index is 1.67. The molecule has 0 fully saturated rings. The lowest BCUT2D eigenvalue weighted by molar-refractivity contribution is -0.116. The Morgan fingerprint density at radius 2 is 1.76 bits per heavy atom. The average Bonchev–Trinajstić information content (AvgIpc) is 2.62. The van der Waals surface area contributed by atoms with E-state index in [9.17, 15) is 4.79 Å². The monoisotopic (exact) mass is 340 g/mol. The van der Waals surface area contributed by atoms with Crippen molar-refractivity contribution in [1.29, 1.82) is 0 Å². The maximum Gasteiger partial charge on any atom is 0.225 e. The van der Waals surface area contributed by atoms with E-state index in [4.69, 9.17) is 4.74 Å². The SMILES string of the molecule is COc1ccccc1CCNCCC(=O)Nc1ccc(C(C)C)cc1. The minimum absolute atomic E-state index is 0.0297. The molecule has 0 atom stereocenters.